The smallest absolute Gasteiger partial charge is 0.223 e. The van der Waals surface area contributed by atoms with E-state index in [2.05, 4.69) is 22.1 Å². The summed E-state index contributed by atoms with van der Waals surface area (Å²) in [5, 5.41) is 0.754. The standard InChI is InChI=1S/C21H23N5O/c1-14-23-20(22)16-10-11-17(25-21(16)24-14)18-8-5-13-26(18)19(27)12-9-15-6-3-2-4-7-15/h2-4,6-7,10-11,18H,5,8-9,12-13H2,1H3,(H2,22,23,24,25)/t18-/m0/s1. The van der Waals surface area contributed by atoms with Crippen LogP contribution in [-0.4, -0.2) is 32.3 Å². The molecule has 0 unspecified atom stereocenters. The van der Waals surface area contributed by atoms with Crippen molar-refractivity contribution in [2.45, 2.75) is 38.6 Å². The fraction of sp³-hybridized carbons (Fsp3) is 0.333. The van der Waals surface area contributed by atoms with E-state index < -0.39 is 0 Å². The Labute approximate surface area is 158 Å². The van der Waals surface area contributed by atoms with E-state index in [9.17, 15) is 4.79 Å². The van der Waals surface area contributed by atoms with Gasteiger partial charge in [0.25, 0.3) is 0 Å². The van der Waals surface area contributed by atoms with E-state index >= 15 is 0 Å². The van der Waals surface area contributed by atoms with Crippen molar-refractivity contribution >= 4 is 22.8 Å². The van der Waals surface area contributed by atoms with E-state index in [-0.39, 0.29) is 11.9 Å². The molecule has 1 atom stereocenters. The van der Waals surface area contributed by atoms with Gasteiger partial charge in [-0.25, -0.2) is 15.0 Å². The SMILES string of the molecule is Cc1nc(N)c2ccc([C@@H]3CCCN3C(=O)CCc3ccccc3)nc2n1. The number of likely N-dealkylation sites (tertiary alicyclic amines) is 1. The largest absolute Gasteiger partial charge is 0.383 e. The first-order chi connectivity index (χ1) is 13.1. The van der Waals surface area contributed by atoms with Crippen LogP contribution < -0.4 is 5.73 Å². The van der Waals surface area contributed by atoms with E-state index in [1.54, 1.807) is 6.92 Å². The lowest BCUT2D eigenvalue weighted by atomic mass is 10.1. The van der Waals surface area contributed by atoms with Gasteiger partial charge in [-0.2, -0.15) is 0 Å². The molecule has 1 aliphatic heterocycles. The Hall–Kier alpha value is -3.02. The van der Waals surface area contributed by atoms with E-state index in [0.29, 0.717) is 23.7 Å². The maximum Gasteiger partial charge on any atom is 0.223 e. The lowest BCUT2D eigenvalue weighted by Crippen LogP contribution is -2.31. The molecule has 3 aromatic rings. The molecule has 1 saturated heterocycles. The summed E-state index contributed by atoms with van der Waals surface area (Å²) in [7, 11) is 0. The predicted molar refractivity (Wildman–Crippen MR) is 105 cm³/mol. The zero-order chi connectivity index (χ0) is 18.8. The molecule has 1 fully saturated rings. The predicted octanol–water partition coefficient (Wildman–Crippen LogP) is 3.21. The highest BCUT2D eigenvalue weighted by Crippen LogP contribution is 2.32. The van der Waals surface area contributed by atoms with Gasteiger partial charge in [-0.15, -0.1) is 0 Å². The highest BCUT2D eigenvalue weighted by molar-refractivity contribution is 5.85. The number of hydrogen-bond donors (Lipinski definition) is 1. The van der Waals surface area contributed by atoms with Gasteiger partial charge in [0.2, 0.25) is 5.91 Å². The number of nitrogens with zero attached hydrogens (tertiary/aromatic N) is 4. The molecule has 138 valence electrons. The Morgan fingerprint density at radius 3 is 2.78 bits per heavy atom. The van der Waals surface area contributed by atoms with Crippen LogP contribution in [0, 0.1) is 6.92 Å². The van der Waals surface area contributed by atoms with Gasteiger partial charge in [0.1, 0.15) is 11.6 Å². The van der Waals surface area contributed by atoms with E-state index in [0.717, 1.165) is 36.9 Å². The summed E-state index contributed by atoms with van der Waals surface area (Å²) in [6, 6.07) is 14.0. The number of anilines is 1. The van der Waals surface area contributed by atoms with Crippen LogP contribution in [0.1, 0.15) is 42.4 Å². The monoisotopic (exact) mass is 361 g/mol. The van der Waals surface area contributed by atoms with Crippen LogP contribution in [0.3, 0.4) is 0 Å². The van der Waals surface area contributed by atoms with Gasteiger partial charge in [0, 0.05) is 13.0 Å². The highest BCUT2D eigenvalue weighted by atomic mass is 16.2. The fourth-order valence-corrected chi connectivity index (χ4v) is 3.76. The highest BCUT2D eigenvalue weighted by Gasteiger charge is 2.30. The zero-order valence-corrected chi connectivity index (χ0v) is 15.4. The second-order valence-corrected chi connectivity index (χ2v) is 6.99. The number of pyridine rings is 1. The molecule has 1 aliphatic rings. The molecule has 1 amide bonds. The summed E-state index contributed by atoms with van der Waals surface area (Å²) in [5.74, 6) is 1.23. The summed E-state index contributed by atoms with van der Waals surface area (Å²) in [5.41, 5.74) is 8.64. The number of benzene rings is 1. The topological polar surface area (TPSA) is 85.0 Å². The number of aromatic nitrogens is 3. The Kier molecular flexibility index (Phi) is 4.71. The van der Waals surface area contributed by atoms with E-state index in [1.165, 1.54) is 5.56 Å². The van der Waals surface area contributed by atoms with Gasteiger partial charge in [0.15, 0.2) is 5.65 Å². The van der Waals surface area contributed by atoms with Crippen LogP contribution in [0.5, 0.6) is 0 Å². The zero-order valence-electron chi connectivity index (χ0n) is 15.4. The van der Waals surface area contributed by atoms with Gasteiger partial charge < -0.3 is 10.6 Å². The van der Waals surface area contributed by atoms with Crippen molar-refractivity contribution < 1.29 is 4.79 Å². The van der Waals surface area contributed by atoms with Gasteiger partial charge in [-0.05, 0) is 43.9 Å². The molecule has 2 aromatic heterocycles. The molecular formula is C21H23N5O. The first-order valence-electron chi connectivity index (χ1n) is 9.36. The van der Waals surface area contributed by atoms with Crippen LogP contribution in [0.25, 0.3) is 11.0 Å². The van der Waals surface area contributed by atoms with Crippen molar-refractivity contribution in [1.82, 2.24) is 19.9 Å². The van der Waals surface area contributed by atoms with Crippen LogP contribution in [-0.2, 0) is 11.2 Å². The van der Waals surface area contributed by atoms with E-state index in [1.807, 2.05) is 35.2 Å². The molecule has 0 spiro atoms. The Balaban J connectivity index is 1.54. The van der Waals surface area contributed by atoms with Crippen LogP contribution in [0.4, 0.5) is 5.82 Å². The maximum atomic E-state index is 12.8. The molecule has 6 heteroatoms. The van der Waals surface area contributed by atoms with Gasteiger partial charge in [-0.3, -0.25) is 4.79 Å². The van der Waals surface area contributed by atoms with Crippen LogP contribution in [0.15, 0.2) is 42.5 Å². The van der Waals surface area contributed by atoms with Gasteiger partial charge in [-0.1, -0.05) is 30.3 Å². The molecule has 0 bridgehead atoms. The first kappa shape index (κ1) is 17.4. The summed E-state index contributed by atoms with van der Waals surface area (Å²) in [6.45, 7) is 2.59. The Bertz CT molecular complexity index is 973. The number of hydrogen-bond acceptors (Lipinski definition) is 5. The van der Waals surface area contributed by atoms with E-state index in [4.69, 9.17) is 10.7 Å². The number of carbonyl (C=O) groups is 1. The molecule has 1 aromatic carbocycles. The number of carbonyl (C=O) groups excluding carboxylic acids is 1. The maximum absolute atomic E-state index is 12.8. The second kappa shape index (κ2) is 7.31. The van der Waals surface area contributed by atoms with Crippen molar-refractivity contribution in [2.75, 3.05) is 12.3 Å². The van der Waals surface area contributed by atoms with Crippen molar-refractivity contribution in [3.63, 3.8) is 0 Å². The van der Waals surface area contributed by atoms with Gasteiger partial charge >= 0.3 is 0 Å². The number of aryl methyl sites for hydroxylation is 2. The molecule has 4 rings (SSSR count). The number of fused-ring (bicyclic) bond motifs is 1. The molecular weight excluding hydrogens is 338 g/mol. The molecule has 3 heterocycles. The quantitative estimate of drug-likeness (QED) is 0.771. The van der Waals surface area contributed by atoms with Crippen molar-refractivity contribution in [3.8, 4) is 0 Å². The second-order valence-electron chi connectivity index (χ2n) is 6.99. The normalized spacial score (nSPS) is 16.8. The average Bonchev–Trinajstić information content (AvgIpc) is 3.16. The summed E-state index contributed by atoms with van der Waals surface area (Å²) in [4.78, 5) is 28.1. The van der Waals surface area contributed by atoms with Crippen molar-refractivity contribution in [2.24, 2.45) is 0 Å². The summed E-state index contributed by atoms with van der Waals surface area (Å²) < 4.78 is 0. The number of rotatable bonds is 4. The third kappa shape index (κ3) is 3.60. The Morgan fingerprint density at radius 2 is 1.96 bits per heavy atom. The molecule has 2 N–H and O–H groups in total. The summed E-state index contributed by atoms with van der Waals surface area (Å²) in [6.07, 6.45) is 3.20. The Morgan fingerprint density at radius 1 is 1.15 bits per heavy atom. The summed E-state index contributed by atoms with van der Waals surface area (Å²) >= 11 is 0. The minimum absolute atomic E-state index is 0.00849. The minimum Gasteiger partial charge on any atom is -0.383 e. The number of nitrogen functional groups attached to an aromatic ring is 1. The molecule has 0 saturated carbocycles. The van der Waals surface area contributed by atoms with Gasteiger partial charge in [0.05, 0.1) is 17.1 Å². The fourth-order valence-electron chi connectivity index (χ4n) is 3.76. The lowest BCUT2D eigenvalue weighted by molar-refractivity contribution is -0.132. The minimum atomic E-state index is 0.00849. The first-order valence-corrected chi connectivity index (χ1v) is 9.36. The third-order valence-corrected chi connectivity index (χ3v) is 5.11. The lowest BCUT2D eigenvalue weighted by Gasteiger charge is -2.24. The third-order valence-electron chi connectivity index (χ3n) is 5.11. The molecule has 27 heavy (non-hydrogen) atoms. The number of nitrogens with two attached hydrogens (primary N) is 1. The molecule has 0 aliphatic carbocycles. The van der Waals surface area contributed by atoms with Crippen molar-refractivity contribution in [3.05, 3.63) is 59.5 Å². The molecule has 6 nitrogen and oxygen atoms in total. The average molecular weight is 361 g/mol. The van der Waals surface area contributed by atoms with Crippen LogP contribution in [0.2, 0.25) is 0 Å². The number of amides is 1. The van der Waals surface area contributed by atoms with Crippen LogP contribution >= 0.6 is 0 Å². The van der Waals surface area contributed by atoms with Crippen molar-refractivity contribution in [1.29, 1.82) is 0 Å². The molecule has 0 radical (unpaired) electrons.